The Morgan fingerprint density at radius 2 is 1.92 bits per heavy atom. The summed E-state index contributed by atoms with van der Waals surface area (Å²) in [5.41, 5.74) is 2.43. The molecule has 0 saturated carbocycles. The second-order valence-electron chi connectivity index (χ2n) is 6.78. The summed E-state index contributed by atoms with van der Waals surface area (Å²) in [6, 6.07) is 15.8. The van der Waals surface area contributed by atoms with E-state index in [0.717, 1.165) is 22.8 Å². The Labute approximate surface area is 145 Å². The fourth-order valence-electron chi connectivity index (χ4n) is 3.82. The maximum absolute atomic E-state index is 12.8. The molecule has 1 unspecified atom stereocenters. The van der Waals surface area contributed by atoms with Crippen LogP contribution in [0.2, 0.25) is 0 Å². The molecular formula is C21H19NO3. The lowest BCUT2D eigenvalue weighted by atomic mass is 9.98. The summed E-state index contributed by atoms with van der Waals surface area (Å²) >= 11 is 0. The number of hydrogen-bond donors (Lipinski definition) is 1. The van der Waals surface area contributed by atoms with Gasteiger partial charge in [-0.1, -0.05) is 49.4 Å². The van der Waals surface area contributed by atoms with Gasteiger partial charge in [-0.2, -0.15) is 0 Å². The molecule has 126 valence electrons. The van der Waals surface area contributed by atoms with Gasteiger partial charge in [-0.05, 0) is 34.7 Å². The zero-order valence-electron chi connectivity index (χ0n) is 14.0. The van der Waals surface area contributed by atoms with Gasteiger partial charge in [0.05, 0.1) is 5.56 Å². The Kier molecular flexibility index (Phi) is 3.68. The SMILES string of the molecule is CC1CCn2c1c(C(=O)O)cc(Cc1ccc3ccccc3c1)c2=O. The van der Waals surface area contributed by atoms with Crippen molar-refractivity contribution < 1.29 is 9.90 Å². The van der Waals surface area contributed by atoms with Crippen molar-refractivity contribution >= 4 is 16.7 Å². The second kappa shape index (κ2) is 5.88. The number of hydrogen-bond acceptors (Lipinski definition) is 2. The molecule has 1 aromatic heterocycles. The molecule has 0 fully saturated rings. The number of aromatic nitrogens is 1. The number of aromatic carboxylic acids is 1. The van der Waals surface area contributed by atoms with Gasteiger partial charge in [0.15, 0.2) is 0 Å². The predicted octanol–water partition coefficient (Wildman–Crippen LogP) is 3.80. The maximum atomic E-state index is 12.8. The van der Waals surface area contributed by atoms with Crippen molar-refractivity contribution in [1.82, 2.24) is 4.57 Å². The number of pyridine rings is 1. The summed E-state index contributed by atoms with van der Waals surface area (Å²) in [4.78, 5) is 24.5. The van der Waals surface area contributed by atoms with Crippen LogP contribution >= 0.6 is 0 Å². The number of benzene rings is 2. The third-order valence-corrected chi connectivity index (χ3v) is 5.10. The normalized spacial score (nSPS) is 16.1. The Balaban J connectivity index is 1.81. The molecule has 1 aliphatic rings. The van der Waals surface area contributed by atoms with E-state index in [1.807, 2.05) is 43.3 Å². The highest BCUT2D eigenvalue weighted by Gasteiger charge is 2.27. The second-order valence-corrected chi connectivity index (χ2v) is 6.78. The molecule has 0 bridgehead atoms. The molecule has 25 heavy (non-hydrogen) atoms. The van der Waals surface area contributed by atoms with E-state index in [0.29, 0.717) is 24.2 Å². The van der Waals surface area contributed by atoms with Gasteiger partial charge in [0.1, 0.15) is 0 Å². The van der Waals surface area contributed by atoms with Crippen LogP contribution in [0.1, 0.15) is 46.4 Å². The van der Waals surface area contributed by atoms with Crippen LogP contribution in [-0.2, 0) is 13.0 Å². The van der Waals surface area contributed by atoms with E-state index in [9.17, 15) is 14.7 Å². The van der Waals surface area contributed by atoms with Crippen LogP contribution in [0.3, 0.4) is 0 Å². The Bertz CT molecular complexity index is 1050. The number of carboxylic acid groups (broad SMARTS) is 1. The average molecular weight is 333 g/mol. The minimum atomic E-state index is -0.961. The molecule has 4 nitrogen and oxygen atoms in total. The van der Waals surface area contributed by atoms with Gasteiger partial charge >= 0.3 is 5.97 Å². The number of carboxylic acids is 1. The van der Waals surface area contributed by atoms with Gasteiger partial charge in [0.25, 0.3) is 5.56 Å². The molecule has 4 heteroatoms. The molecule has 0 amide bonds. The lowest BCUT2D eigenvalue weighted by Crippen LogP contribution is -2.26. The highest BCUT2D eigenvalue weighted by atomic mass is 16.4. The van der Waals surface area contributed by atoms with Gasteiger partial charge in [-0.3, -0.25) is 4.79 Å². The molecule has 2 aromatic carbocycles. The van der Waals surface area contributed by atoms with Crippen LogP contribution in [0, 0.1) is 0 Å². The Morgan fingerprint density at radius 3 is 2.68 bits per heavy atom. The van der Waals surface area contributed by atoms with Crippen molar-refractivity contribution in [2.24, 2.45) is 0 Å². The van der Waals surface area contributed by atoms with E-state index in [1.54, 1.807) is 10.6 Å². The monoisotopic (exact) mass is 333 g/mol. The van der Waals surface area contributed by atoms with E-state index in [4.69, 9.17) is 0 Å². The van der Waals surface area contributed by atoms with E-state index in [2.05, 4.69) is 6.07 Å². The zero-order valence-corrected chi connectivity index (χ0v) is 14.0. The van der Waals surface area contributed by atoms with Crippen molar-refractivity contribution in [3.63, 3.8) is 0 Å². The first-order valence-electron chi connectivity index (χ1n) is 8.52. The smallest absolute Gasteiger partial charge is 0.337 e. The number of nitrogens with zero attached hydrogens (tertiary/aromatic N) is 1. The third-order valence-electron chi connectivity index (χ3n) is 5.10. The van der Waals surface area contributed by atoms with Crippen molar-refractivity contribution in [3.05, 3.63) is 81.3 Å². The fourth-order valence-corrected chi connectivity index (χ4v) is 3.82. The highest BCUT2D eigenvalue weighted by Crippen LogP contribution is 2.29. The Morgan fingerprint density at radius 1 is 1.16 bits per heavy atom. The minimum absolute atomic E-state index is 0.0579. The topological polar surface area (TPSA) is 59.3 Å². The largest absolute Gasteiger partial charge is 0.478 e. The van der Waals surface area contributed by atoms with Gasteiger partial charge in [-0.25, -0.2) is 4.79 Å². The molecule has 1 atom stereocenters. The van der Waals surface area contributed by atoms with Crippen LogP contribution in [0.15, 0.2) is 53.3 Å². The van der Waals surface area contributed by atoms with E-state index in [1.165, 1.54) is 0 Å². The molecule has 1 aliphatic heterocycles. The predicted molar refractivity (Wildman–Crippen MR) is 97.4 cm³/mol. The van der Waals surface area contributed by atoms with Crippen molar-refractivity contribution in [3.8, 4) is 0 Å². The molecule has 1 N–H and O–H groups in total. The zero-order chi connectivity index (χ0) is 17.6. The number of fused-ring (bicyclic) bond motifs is 2. The molecule has 0 saturated heterocycles. The van der Waals surface area contributed by atoms with Crippen LogP contribution in [0.25, 0.3) is 10.8 Å². The number of carbonyl (C=O) groups is 1. The highest BCUT2D eigenvalue weighted by molar-refractivity contribution is 5.89. The molecule has 2 heterocycles. The van der Waals surface area contributed by atoms with E-state index in [-0.39, 0.29) is 17.0 Å². The molecule has 0 aliphatic carbocycles. The first-order valence-corrected chi connectivity index (χ1v) is 8.52. The summed E-state index contributed by atoms with van der Waals surface area (Å²) in [5.74, 6) is -0.856. The van der Waals surface area contributed by atoms with Crippen LogP contribution < -0.4 is 5.56 Å². The summed E-state index contributed by atoms with van der Waals surface area (Å²) in [6.45, 7) is 2.58. The minimum Gasteiger partial charge on any atom is -0.478 e. The van der Waals surface area contributed by atoms with E-state index >= 15 is 0 Å². The standard InChI is InChI=1S/C21H19NO3/c1-13-8-9-22-19(13)18(21(24)25)12-17(20(22)23)11-14-6-7-15-4-2-3-5-16(15)10-14/h2-7,10,12-13H,8-9,11H2,1H3,(H,24,25). The van der Waals surface area contributed by atoms with Crippen LogP contribution in [0.5, 0.6) is 0 Å². The third kappa shape index (κ3) is 2.64. The molecule has 0 spiro atoms. The van der Waals surface area contributed by atoms with Gasteiger partial charge in [0.2, 0.25) is 0 Å². The lowest BCUT2D eigenvalue weighted by molar-refractivity contribution is 0.0694. The maximum Gasteiger partial charge on any atom is 0.337 e. The summed E-state index contributed by atoms with van der Waals surface area (Å²) in [5, 5.41) is 11.8. The number of rotatable bonds is 3. The quantitative estimate of drug-likeness (QED) is 0.793. The van der Waals surface area contributed by atoms with Gasteiger partial charge < -0.3 is 9.67 Å². The van der Waals surface area contributed by atoms with E-state index < -0.39 is 5.97 Å². The molecule has 3 aromatic rings. The summed E-state index contributed by atoms with van der Waals surface area (Å²) in [6.07, 6.45) is 1.26. The van der Waals surface area contributed by atoms with Crippen LogP contribution in [-0.4, -0.2) is 15.6 Å². The summed E-state index contributed by atoms with van der Waals surface area (Å²) < 4.78 is 1.66. The summed E-state index contributed by atoms with van der Waals surface area (Å²) in [7, 11) is 0. The Hall–Kier alpha value is -2.88. The van der Waals surface area contributed by atoms with Gasteiger partial charge in [0, 0.05) is 24.2 Å². The molecule has 0 radical (unpaired) electrons. The van der Waals surface area contributed by atoms with Crippen molar-refractivity contribution in [2.75, 3.05) is 0 Å². The van der Waals surface area contributed by atoms with Crippen molar-refractivity contribution in [1.29, 1.82) is 0 Å². The first kappa shape index (κ1) is 15.6. The average Bonchev–Trinajstić information content (AvgIpc) is 2.99. The lowest BCUT2D eigenvalue weighted by Gasteiger charge is -2.13. The molecule has 4 rings (SSSR count). The van der Waals surface area contributed by atoms with Crippen LogP contribution in [0.4, 0.5) is 0 Å². The van der Waals surface area contributed by atoms with Gasteiger partial charge in [-0.15, -0.1) is 0 Å². The fraction of sp³-hybridized carbons (Fsp3) is 0.238. The first-order chi connectivity index (χ1) is 12.0. The molecular weight excluding hydrogens is 314 g/mol. The van der Waals surface area contributed by atoms with Crippen molar-refractivity contribution in [2.45, 2.75) is 32.2 Å².